The van der Waals surface area contributed by atoms with Crippen molar-refractivity contribution in [3.05, 3.63) is 121 Å². The zero-order chi connectivity index (χ0) is 52.6. The molecular weight excluding hydrogens is 961 g/mol. The summed E-state index contributed by atoms with van der Waals surface area (Å²) in [5.74, 6) is 8.76. The number of anilines is 4. The summed E-state index contributed by atoms with van der Waals surface area (Å²) in [6.45, 7) is 11.8. The summed E-state index contributed by atoms with van der Waals surface area (Å²) in [7, 11) is 2.37. The molecule has 0 radical (unpaired) electrons. The molecule has 4 aromatic heterocycles. The number of nitrogens with one attached hydrogen (secondary N) is 3. The maximum Gasteiger partial charge on any atom is 0.227 e. The Hall–Kier alpha value is -7.97. The van der Waals surface area contributed by atoms with Gasteiger partial charge in [-0.1, -0.05) is 31.5 Å². The molecule has 2 saturated heterocycles. The molecule has 4 aromatic carbocycles. The lowest BCUT2D eigenvalue weighted by molar-refractivity contribution is -0.124. The predicted octanol–water partition coefficient (Wildman–Crippen LogP) is 8.61. The minimum Gasteiger partial charge on any atom is -0.492 e. The lowest BCUT2D eigenvalue weighted by Crippen LogP contribution is -2.37. The number of nitrogens with two attached hydrogens (primary N) is 1. The SMILES string of the molecule is C#Cc1ccc2nc(Nc3cc(OCCNC4CCOCC4)cc(-c4cnn(C)c4)c3)ncc2c1.Cn1cc(-c2cc(Nc3ncc4cc(C#C[Si](C)(C)C)ccc4n3)cc(OCCN)c2)cn1.O=C1CCOCC1. The largest absolute Gasteiger partial charge is 0.492 e. The zero-order valence-electron chi connectivity index (χ0n) is 43.2. The molecule has 8 aromatic rings. The van der Waals surface area contributed by atoms with Gasteiger partial charge in [-0.3, -0.25) is 14.2 Å². The Bertz CT molecular complexity index is 3320. The van der Waals surface area contributed by atoms with Crippen molar-refractivity contribution in [3.63, 3.8) is 0 Å². The summed E-state index contributed by atoms with van der Waals surface area (Å²) in [5.41, 5.74) is 18.1. The zero-order valence-corrected chi connectivity index (χ0v) is 44.2. The molecule has 2 aliphatic heterocycles. The van der Waals surface area contributed by atoms with Crippen molar-refractivity contribution < 1.29 is 23.7 Å². The highest BCUT2D eigenvalue weighted by molar-refractivity contribution is 6.83. The van der Waals surface area contributed by atoms with Crippen LogP contribution in [-0.4, -0.2) is 112 Å². The van der Waals surface area contributed by atoms with Gasteiger partial charge in [0.1, 0.15) is 38.6 Å². The van der Waals surface area contributed by atoms with Gasteiger partial charge in [0.2, 0.25) is 11.9 Å². The highest BCUT2D eigenvalue weighted by Gasteiger charge is 2.15. The number of aromatic nitrogens is 8. The fraction of sp³-hybridized carbons (Fsp3) is 0.316. The highest BCUT2D eigenvalue weighted by Crippen LogP contribution is 2.32. The standard InChI is InChI=1S/C27H28N6O2.C25H28N6OSi.C5H8O2/c1-3-19-4-5-26-21(12-19)16-29-27(32-26)31-24-13-20(22-17-30-33(2)18-22)14-25(15-24)35-11-8-28-23-6-9-34-10-7-23;1-31-17-21(16-28-31)19-12-22(14-23(13-19)32-9-8-26)29-25-27-15-20-11-18(5-6-24(20)30-25)7-10-33(2,3)4;6-5-1-3-7-4-2-5/h1,4-5,12-18,23,28H,6-11H2,2H3,(H,29,31,32);5-6,11-17H,8-9,26H2,1-4H3,(H,27,29,30);1-4H2. The Labute approximate surface area is 439 Å². The lowest BCUT2D eigenvalue weighted by atomic mass is 10.1. The predicted molar refractivity (Wildman–Crippen MR) is 298 cm³/mol. The van der Waals surface area contributed by atoms with E-state index in [1.165, 1.54) is 0 Å². The van der Waals surface area contributed by atoms with Crippen molar-refractivity contribution in [1.29, 1.82) is 0 Å². The first kappa shape index (κ1) is 53.3. The van der Waals surface area contributed by atoms with E-state index >= 15 is 0 Å². The van der Waals surface area contributed by atoms with E-state index in [1.807, 2.05) is 118 Å². The average molecular weight is 1030 g/mol. The third-order valence-electron chi connectivity index (χ3n) is 11.8. The van der Waals surface area contributed by atoms with Crippen LogP contribution in [0.1, 0.15) is 36.8 Å². The molecule has 0 atom stereocenters. The third-order valence-corrected chi connectivity index (χ3v) is 12.6. The molecule has 2 fully saturated rings. The number of rotatable bonds is 14. The van der Waals surface area contributed by atoms with Crippen LogP contribution in [0, 0.1) is 23.8 Å². The van der Waals surface area contributed by atoms with Crippen LogP contribution in [0.4, 0.5) is 23.3 Å². The van der Waals surface area contributed by atoms with Crippen LogP contribution in [0.25, 0.3) is 44.1 Å². The molecule has 386 valence electrons. The number of Topliss-reactive ketones (excluding diaryl/α,β-unsaturated/α-hetero) is 1. The van der Waals surface area contributed by atoms with Gasteiger partial charge in [-0.05, 0) is 84.6 Å². The van der Waals surface area contributed by atoms with Crippen LogP contribution in [0.2, 0.25) is 19.6 Å². The summed E-state index contributed by atoms with van der Waals surface area (Å²) < 4.78 is 25.8. The molecule has 0 bridgehead atoms. The molecule has 0 amide bonds. The second kappa shape index (κ2) is 25.8. The molecule has 17 nitrogen and oxygen atoms in total. The molecule has 5 N–H and O–H groups in total. The maximum atomic E-state index is 10.4. The van der Waals surface area contributed by atoms with E-state index in [0.29, 0.717) is 69.5 Å². The van der Waals surface area contributed by atoms with E-state index in [0.717, 1.165) is 111 Å². The van der Waals surface area contributed by atoms with Crippen LogP contribution < -0.4 is 31.2 Å². The number of carbonyl (C=O) groups is 1. The van der Waals surface area contributed by atoms with E-state index in [9.17, 15) is 4.79 Å². The quantitative estimate of drug-likeness (QED) is 0.0458. The van der Waals surface area contributed by atoms with Gasteiger partial charge in [-0.25, -0.2) is 19.9 Å². The number of hydrogen-bond acceptors (Lipinski definition) is 15. The van der Waals surface area contributed by atoms with Crippen molar-refractivity contribution in [2.24, 2.45) is 19.8 Å². The van der Waals surface area contributed by atoms with Crippen molar-refractivity contribution in [2.45, 2.75) is 51.4 Å². The smallest absolute Gasteiger partial charge is 0.227 e. The highest BCUT2D eigenvalue weighted by atomic mass is 28.3. The van der Waals surface area contributed by atoms with Gasteiger partial charge in [0.15, 0.2) is 0 Å². The fourth-order valence-electron chi connectivity index (χ4n) is 7.97. The fourth-order valence-corrected chi connectivity index (χ4v) is 8.48. The summed E-state index contributed by atoms with van der Waals surface area (Å²) in [6.07, 6.45) is 20.0. The number of fused-ring (bicyclic) bond motifs is 2. The molecule has 0 aliphatic carbocycles. The van der Waals surface area contributed by atoms with Gasteiger partial charge in [-0.2, -0.15) is 10.2 Å². The van der Waals surface area contributed by atoms with Crippen molar-refractivity contribution in [3.8, 4) is 57.6 Å². The van der Waals surface area contributed by atoms with E-state index in [1.54, 1.807) is 15.6 Å². The summed E-state index contributed by atoms with van der Waals surface area (Å²) in [6, 6.07) is 24.2. The van der Waals surface area contributed by atoms with Gasteiger partial charge in [0.25, 0.3) is 0 Å². The number of terminal acetylenes is 1. The van der Waals surface area contributed by atoms with Gasteiger partial charge >= 0.3 is 0 Å². The lowest BCUT2D eigenvalue weighted by Gasteiger charge is -2.23. The Morgan fingerprint density at radius 2 is 1.23 bits per heavy atom. The minimum atomic E-state index is -1.43. The van der Waals surface area contributed by atoms with Crippen LogP contribution in [0.3, 0.4) is 0 Å². The van der Waals surface area contributed by atoms with Crippen LogP contribution in [0.5, 0.6) is 11.5 Å². The summed E-state index contributed by atoms with van der Waals surface area (Å²) in [5, 5.41) is 20.6. The maximum absolute atomic E-state index is 10.4. The second-order valence-corrected chi connectivity index (χ2v) is 23.9. The average Bonchev–Trinajstić information content (AvgIpc) is 4.07. The van der Waals surface area contributed by atoms with E-state index in [-0.39, 0.29) is 0 Å². The summed E-state index contributed by atoms with van der Waals surface area (Å²) >= 11 is 0. The van der Waals surface area contributed by atoms with Crippen molar-refractivity contribution in [1.82, 2.24) is 44.8 Å². The van der Waals surface area contributed by atoms with Gasteiger partial charge in [-0.15, -0.1) is 12.0 Å². The topological polar surface area (TPSA) is 203 Å². The molecule has 18 heteroatoms. The second-order valence-electron chi connectivity index (χ2n) is 19.1. The summed E-state index contributed by atoms with van der Waals surface area (Å²) in [4.78, 5) is 28.7. The van der Waals surface area contributed by atoms with Crippen LogP contribution in [0.15, 0.2) is 110 Å². The number of carbonyl (C=O) groups excluding carboxylic acids is 1. The number of nitrogens with zero attached hydrogens (tertiary/aromatic N) is 8. The number of hydrogen-bond donors (Lipinski definition) is 4. The third kappa shape index (κ3) is 16.3. The Kier molecular flexibility index (Phi) is 18.3. The number of ketones is 1. The number of benzene rings is 4. The van der Waals surface area contributed by atoms with Gasteiger partial charge < -0.3 is 40.6 Å². The molecule has 6 heterocycles. The minimum absolute atomic E-state index is 0.339. The van der Waals surface area contributed by atoms with Crippen molar-refractivity contribution >= 4 is 58.9 Å². The molecule has 2 aliphatic rings. The Morgan fingerprint density at radius 3 is 1.72 bits per heavy atom. The van der Waals surface area contributed by atoms with Crippen LogP contribution >= 0.6 is 0 Å². The number of aryl methyl sites for hydroxylation is 2. The molecule has 0 unspecified atom stereocenters. The molecule has 0 saturated carbocycles. The van der Waals surface area contributed by atoms with Gasteiger partial charge in [0.05, 0.1) is 36.6 Å². The van der Waals surface area contributed by atoms with Crippen LogP contribution in [-0.2, 0) is 28.4 Å². The van der Waals surface area contributed by atoms with E-state index in [4.69, 9.17) is 31.1 Å². The first-order valence-electron chi connectivity index (χ1n) is 25.1. The van der Waals surface area contributed by atoms with Crippen molar-refractivity contribution in [2.75, 3.05) is 63.4 Å². The van der Waals surface area contributed by atoms with Gasteiger partial charge in [0, 0.05) is 141 Å². The normalized spacial score (nSPS) is 13.6. The molecule has 75 heavy (non-hydrogen) atoms. The molecule has 10 rings (SSSR count). The Balaban J connectivity index is 0.000000176. The van der Waals surface area contributed by atoms with E-state index in [2.05, 4.69) is 83.1 Å². The van der Waals surface area contributed by atoms with E-state index < -0.39 is 8.07 Å². The Morgan fingerprint density at radius 1 is 0.693 bits per heavy atom. The first-order chi connectivity index (χ1) is 36.3. The molecule has 0 spiro atoms. The monoisotopic (exact) mass is 1020 g/mol. The number of ether oxygens (including phenoxy) is 4. The first-order valence-corrected chi connectivity index (χ1v) is 28.6. The molecular formula is C57H64N12O5Si.